The third kappa shape index (κ3) is 3.46. The van der Waals surface area contributed by atoms with Crippen LogP contribution in [0.2, 0.25) is 0 Å². The van der Waals surface area contributed by atoms with E-state index in [0.29, 0.717) is 29.2 Å². The average molecular weight is 383 g/mol. The number of hydrogen-bond acceptors (Lipinski definition) is 6. The van der Waals surface area contributed by atoms with E-state index in [1.165, 1.54) is 6.08 Å². The Hall–Kier alpha value is -2.89. The fourth-order valence-corrected chi connectivity index (χ4v) is 4.04. The topological polar surface area (TPSA) is 74.2 Å². The Morgan fingerprint density at radius 1 is 1.29 bits per heavy atom. The number of methoxy groups -OCH3 is 2. The van der Waals surface area contributed by atoms with E-state index < -0.39 is 17.8 Å². The average Bonchev–Trinajstić information content (AvgIpc) is 2.70. The van der Waals surface area contributed by atoms with Crippen LogP contribution in [-0.2, 0) is 14.3 Å². The molecule has 1 aliphatic heterocycles. The molecule has 0 amide bonds. The van der Waals surface area contributed by atoms with Crippen molar-refractivity contribution in [3.05, 3.63) is 47.7 Å². The quantitative estimate of drug-likeness (QED) is 0.554. The number of hydrogen-bond donors (Lipinski definition) is 0. The summed E-state index contributed by atoms with van der Waals surface area (Å²) in [6.07, 6.45) is 3.45. The second kappa shape index (κ2) is 8.42. The van der Waals surface area contributed by atoms with Gasteiger partial charge in [0.25, 0.3) is 0 Å². The minimum Gasteiger partial charge on any atom is -0.493 e. The predicted molar refractivity (Wildman–Crippen MR) is 106 cm³/mol. The van der Waals surface area contributed by atoms with Crippen molar-refractivity contribution in [2.24, 2.45) is 10.9 Å². The van der Waals surface area contributed by atoms with Gasteiger partial charge in [0.05, 0.1) is 14.2 Å². The molecule has 1 aliphatic carbocycles. The van der Waals surface area contributed by atoms with E-state index >= 15 is 0 Å². The summed E-state index contributed by atoms with van der Waals surface area (Å²) < 4.78 is 16.4. The van der Waals surface area contributed by atoms with Crippen LogP contribution in [0.15, 0.2) is 47.1 Å². The molecule has 2 aliphatic rings. The monoisotopic (exact) mass is 383 g/mol. The van der Waals surface area contributed by atoms with Gasteiger partial charge in [0.1, 0.15) is 12.5 Å². The van der Waals surface area contributed by atoms with Crippen LogP contribution in [0.1, 0.15) is 37.7 Å². The summed E-state index contributed by atoms with van der Waals surface area (Å²) in [4.78, 5) is 30.4. The predicted octanol–water partition coefficient (Wildman–Crippen LogP) is 3.61. The van der Waals surface area contributed by atoms with Gasteiger partial charge < -0.3 is 14.2 Å². The molecule has 1 heterocycles. The van der Waals surface area contributed by atoms with E-state index in [1.54, 1.807) is 20.3 Å². The van der Waals surface area contributed by atoms with Crippen LogP contribution in [-0.4, -0.2) is 38.3 Å². The number of Topliss-reactive ketones (excluding diaryl/α,β-unsaturated/α-hetero) is 1. The van der Waals surface area contributed by atoms with Crippen molar-refractivity contribution in [3.8, 4) is 11.5 Å². The molecule has 1 unspecified atom stereocenters. The summed E-state index contributed by atoms with van der Waals surface area (Å²) in [5.74, 6) is -0.584. The van der Waals surface area contributed by atoms with Gasteiger partial charge in [-0.3, -0.25) is 14.6 Å². The van der Waals surface area contributed by atoms with Crippen molar-refractivity contribution in [2.45, 2.75) is 32.1 Å². The van der Waals surface area contributed by atoms with Gasteiger partial charge in [-0.1, -0.05) is 24.8 Å². The first-order valence-electron chi connectivity index (χ1n) is 9.33. The molecule has 0 spiro atoms. The third-order valence-corrected chi connectivity index (χ3v) is 5.20. The maximum Gasteiger partial charge on any atom is 0.315 e. The van der Waals surface area contributed by atoms with Gasteiger partial charge in [-0.2, -0.15) is 0 Å². The van der Waals surface area contributed by atoms with E-state index in [4.69, 9.17) is 14.2 Å². The molecule has 6 heteroatoms. The molecule has 0 radical (unpaired) electrons. The minimum atomic E-state index is -0.707. The Morgan fingerprint density at radius 2 is 2.07 bits per heavy atom. The summed E-state index contributed by atoms with van der Waals surface area (Å²) in [6.45, 7) is 5.50. The third-order valence-electron chi connectivity index (χ3n) is 5.20. The Kier molecular flexibility index (Phi) is 5.97. The Balaban J connectivity index is 2.20. The van der Waals surface area contributed by atoms with Gasteiger partial charge in [0, 0.05) is 34.9 Å². The summed E-state index contributed by atoms with van der Waals surface area (Å²) in [6, 6.07) is 5.48. The molecule has 1 aromatic carbocycles. The van der Waals surface area contributed by atoms with Crippen LogP contribution in [0.25, 0.3) is 0 Å². The number of allylic oxidation sites excluding steroid dienone is 2. The second-order valence-corrected chi connectivity index (χ2v) is 6.85. The first-order valence-corrected chi connectivity index (χ1v) is 9.33. The van der Waals surface area contributed by atoms with Crippen molar-refractivity contribution in [1.29, 1.82) is 0 Å². The molecule has 0 saturated carbocycles. The molecule has 0 bridgehead atoms. The van der Waals surface area contributed by atoms with Crippen molar-refractivity contribution in [1.82, 2.24) is 0 Å². The fraction of sp³-hybridized carbons (Fsp3) is 0.409. The normalized spacial score (nSPS) is 21.5. The largest absolute Gasteiger partial charge is 0.493 e. The number of carbonyl (C=O) groups excluding carboxylic acids is 2. The highest BCUT2D eigenvalue weighted by Gasteiger charge is 2.44. The van der Waals surface area contributed by atoms with Crippen LogP contribution in [0.4, 0.5) is 0 Å². The molecule has 0 fully saturated rings. The lowest BCUT2D eigenvalue weighted by Crippen LogP contribution is -2.37. The van der Waals surface area contributed by atoms with Crippen LogP contribution in [0.5, 0.6) is 11.5 Å². The van der Waals surface area contributed by atoms with Gasteiger partial charge >= 0.3 is 5.97 Å². The fourth-order valence-electron chi connectivity index (χ4n) is 4.04. The number of para-hydroxylation sites is 1. The lowest BCUT2D eigenvalue weighted by molar-refractivity contribution is -0.145. The number of aliphatic imine (C=N–C) groups is 1. The van der Waals surface area contributed by atoms with E-state index in [1.807, 2.05) is 19.1 Å². The zero-order valence-corrected chi connectivity index (χ0v) is 16.5. The van der Waals surface area contributed by atoms with Crippen LogP contribution in [0, 0.1) is 5.92 Å². The van der Waals surface area contributed by atoms with Crippen molar-refractivity contribution in [2.75, 3.05) is 20.8 Å². The Morgan fingerprint density at radius 3 is 2.75 bits per heavy atom. The molecule has 6 nitrogen and oxygen atoms in total. The Labute approximate surface area is 164 Å². The van der Waals surface area contributed by atoms with Crippen LogP contribution in [0.3, 0.4) is 0 Å². The molecule has 0 saturated heterocycles. The summed E-state index contributed by atoms with van der Waals surface area (Å²) >= 11 is 0. The number of rotatable bonds is 6. The van der Waals surface area contributed by atoms with E-state index in [9.17, 15) is 9.59 Å². The zero-order valence-electron chi connectivity index (χ0n) is 16.5. The molecule has 1 aromatic rings. The summed E-state index contributed by atoms with van der Waals surface area (Å²) in [5.41, 5.74) is 2.71. The number of benzene rings is 1. The first-order chi connectivity index (χ1) is 13.5. The molecule has 3 rings (SSSR count). The van der Waals surface area contributed by atoms with Crippen molar-refractivity contribution < 1.29 is 23.8 Å². The maximum absolute atomic E-state index is 12.9. The number of ketones is 1. The van der Waals surface area contributed by atoms with Gasteiger partial charge in [0.15, 0.2) is 17.3 Å². The highest BCUT2D eigenvalue weighted by Crippen LogP contribution is 2.48. The highest BCUT2D eigenvalue weighted by atomic mass is 16.5. The second-order valence-electron chi connectivity index (χ2n) is 6.85. The molecule has 28 heavy (non-hydrogen) atoms. The zero-order chi connectivity index (χ0) is 20.3. The van der Waals surface area contributed by atoms with E-state index in [-0.39, 0.29) is 12.4 Å². The SMILES string of the molecule is C=CCOC(=O)C1C(C)=NC2=C(C(=O)CCC2)[C@@H]1c1cccc(OC)c1OC. The van der Waals surface area contributed by atoms with Crippen molar-refractivity contribution >= 4 is 17.5 Å². The Bertz CT molecular complexity index is 868. The van der Waals surface area contributed by atoms with Crippen molar-refractivity contribution in [3.63, 3.8) is 0 Å². The van der Waals surface area contributed by atoms with Gasteiger partial charge in [-0.25, -0.2) is 0 Å². The molecular formula is C22H25NO5. The molecular weight excluding hydrogens is 358 g/mol. The number of ether oxygens (including phenoxy) is 3. The van der Waals surface area contributed by atoms with Gasteiger partial charge in [0.2, 0.25) is 0 Å². The smallest absolute Gasteiger partial charge is 0.315 e. The molecule has 0 N–H and O–H groups in total. The lowest BCUT2D eigenvalue weighted by atomic mass is 9.71. The van der Waals surface area contributed by atoms with E-state index in [0.717, 1.165) is 24.1 Å². The molecule has 0 aromatic heterocycles. The maximum atomic E-state index is 12.9. The lowest BCUT2D eigenvalue weighted by Gasteiger charge is -2.35. The molecule has 2 atom stereocenters. The first kappa shape index (κ1) is 19.9. The van der Waals surface area contributed by atoms with Gasteiger partial charge in [-0.05, 0) is 25.8 Å². The van der Waals surface area contributed by atoms with Crippen LogP contribution >= 0.6 is 0 Å². The van der Waals surface area contributed by atoms with Crippen LogP contribution < -0.4 is 9.47 Å². The summed E-state index contributed by atoms with van der Waals surface area (Å²) in [5, 5.41) is 0. The number of esters is 1. The number of nitrogens with zero attached hydrogens (tertiary/aromatic N) is 1. The van der Waals surface area contributed by atoms with E-state index in [2.05, 4.69) is 11.6 Å². The number of carbonyl (C=O) groups is 2. The standard InChI is InChI=1S/C22H25NO5/c1-5-12-28-22(25)18-13(2)23-15-9-7-10-16(24)20(15)19(18)14-8-6-11-17(26-3)21(14)27-4/h5-6,8,11,18-19H,1,7,9-10,12H2,2-4H3/t18?,19-/m1/s1. The van der Waals surface area contributed by atoms with Gasteiger partial charge in [-0.15, -0.1) is 0 Å². The minimum absolute atomic E-state index is 0.0221. The highest BCUT2D eigenvalue weighted by molar-refractivity contribution is 6.09. The molecule has 148 valence electrons. The summed E-state index contributed by atoms with van der Waals surface area (Å²) in [7, 11) is 3.11.